The van der Waals surface area contributed by atoms with Crippen LogP contribution in [0.1, 0.15) is 48.8 Å². The third kappa shape index (κ3) is 5.26. The van der Waals surface area contributed by atoms with Gasteiger partial charge in [-0.2, -0.15) is 5.10 Å². The first-order valence-corrected chi connectivity index (χ1v) is 13.1. The molecule has 3 heterocycles. The van der Waals surface area contributed by atoms with Gasteiger partial charge >= 0.3 is 0 Å². The van der Waals surface area contributed by atoms with E-state index in [1.165, 1.54) is 35.0 Å². The molecule has 1 aromatic carbocycles. The molecule has 188 valence electrons. The monoisotopic (exact) mass is 509 g/mol. The normalized spacial score (nSPS) is 16.9. The number of rotatable bonds is 6. The topological polar surface area (TPSA) is 97.2 Å². The van der Waals surface area contributed by atoms with E-state index in [1.807, 2.05) is 18.6 Å². The smallest absolute Gasteiger partial charge is 0.283 e. The van der Waals surface area contributed by atoms with Crippen molar-refractivity contribution in [3.05, 3.63) is 47.5 Å². The van der Waals surface area contributed by atoms with Crippen LogP contribution in [-0.4, -0.2) is 54.9 Å². The average molecular weight is 510 g/mol. The number of aromatic nitrogens is 3. The minimum Gasteiger partial charge on any atom is -0.370 e. The number of alkyl halides is 2. The maximum Gasteiger partial charge on any atom is 0.283 e. The third-order valence-corrected chi connectivity index (χ3v) is 6.48. The fourth-order valence-corrected chi connectivity index (χ4v) is 4.75. The number of halogens is 3. The lowest BCUT2D eigenvalue weighted by atomic mass is 9.97. The lowest BCUT2D eigenvalue weighted by Gasteiger charge is -2.34. The van der Waals surface area contributed by atoms with Crippen molar-refractivity contribution in [2.24, 2.45) is 5.92 Å². The van der Waals surface area contributed by atoms with Crippen molar-refractivity contribution in [2.45, 2.75) is 39.0 Å². The Balaban J connectivity index is 1.98. The van der Waals surface area contributed by atoms with Crippen molar-refractivity contribution in [3.63, 3.8) is 0 Å². The number of hydrogen-bond donors (Lipinski definition) is 1. The molecule has 4 rings (SSSR count). The first-order valence-electron chi connectivity index (χ1n) is 11.2. The Morgan fingerprint density at radius 2 is 1.89 bits per heavy atom. The molecule has 2 aromatic heterocycles. The van der Waals surface area contributed by atoms with Gasteiger partial charge in [-0.3, -0.25) is 4.79 Å². The van der Waals surface area contributed by atoms with Gasteiger partial charge in [-0.1, -0.05) is 13.8 Å². The molecule has 1 saturated heterocycles. The Bertz CT molecular complexity index is 1360. The number of carbonyl (C=O) groups is 1. The minimum absolute atomic E-state index is 0.0726. The summed E-state index contributed by atoms with van der Waals surface area (Å²) in [6, 6.07) is 6.96. The van der Waals surface area contributed by atoms with Gasteiger partial charge in [-0.05, 0) is 49.1 Å². The van der Waals surface area contributed by atoms with E-state index in [2.05, 4.69) is 10.1 Å². The maximum absolute atomic E-state index is 13.6. The summed E-state index contributed by atoms with van der Waals surface area (Å²) in [7, 11) is -3.87. The molecule has 1 N–H and O–H groups in total. The predicted molar refractivity (Wildman–Crippen MR) is 126 cm³/mol. The van der Waals surface area contributed by atoms with Gasteiger partial charge in [0, 0.05) is 19.0 Å². The summed E-state index contributed by atoms with van der Waals surface area (Å²) in [6.07, 6.45) is -0.723. The minimum atomic E-state index is -3.87. The third-order valence-electron chi connectivity index (χ3n) is 5.93. The summed E-state index contributed by atoms with van der Waals surface area (Å²) in [6.45, 7) is 4.39. The molecule has 12 heteroatoms. The molecule has 0 saturated carbocycles. The van der Waals surface area contributed by atoms with Crippen molar-refractivity contribution in [1.82, 2.24) is 19.5 Å². The van der Waals surface area contributed by atoms with E-state index in [0.717, 1.165) is 6.26 Å². The molecule has 35 heavy (non-hydrogen) atoms. The van der Waals surface area contributed by atoms with Gasteiger partial charge in [0.25, 0.3) is 5.91 Å². The van der Waals surface area contributed by atoms with Gasteiger partial charge in [0.1, 0.15) is 11.5 Å². The van der Waals surface area contributed by atoms with Crippen LogP contribution in [0.2, 0.25) is 0 Å². The number of sulfonamides is 1. The molecule has 1 unspecified atom stereocenters. The molecule has 0 spiro atoms. The highest BCUT2D eigenvalue weighted by Crippen LogP contribution is 2.37. The van der Waals surface area contributed by atoms with Crippen LogP contribution in [0.15, 0.2) is 30.3 Å². The summed E-state index contributed by atoms with van der Waals surface area (Å²) in [5, 5.41) is 5.26. The number of anilines is 1. The lowest BCUT2D eigenvalue weighted by molar-refractivity contribution is 0.0687. The standard InChI is InChI=1S/C23H26F3N5O3S/c1-13(2)20-19-18(30-10-4-5-14(12-30)21(25)26)11-17(23(32)29-35(3,33)34)27-22(19)31(28-20)16-8-6-15(24)7-9-16/h6-9,11,13-14,21H,4-5,10,12H2,1-3H3,(H,29,32). The zero-order valence-electron chi connectivity index (χ0n) is 19.5. The number of benzene rings is 1. The van der Waals surface area contributed by atoms with Crippen molar-refractivity contribution >= 4 is 32.7 Å². The highest BCUT2D eigenvalue weighted by Gasteiger charge is 2.31. The Labute approximate surface area is 201 Å². The van der Waals surface area contributed by atoms with Crippen molar-refractivity contribution in [3.8, 4) is 5.69 Å². The van der Waals surface area contributed by atoms with E-state index in [4.69, 9.17) is 0 Å². The molecule has 1 atom stereocenters. The first-order chi connectivity index (χ1) is 16.4. The second-order valence-electron chi connectivity index (χ2n) is 9.04. The van der Waals surface area contributed by atoms with E-state index in [9.17, 15) is 26.4 Å². The van der Waals surface area contributed by atoms with Crippen LogP contribution in [0.5, 0.6) is 0 Å². The predicted octanol–water partition coefficient (Wildman–Crippen LogP) is 3.85. The van der Waals surface area contributed by atoms with Gasteiger partial charge in [0.15, 0.2) is 5.65 Å². The van der Waals surface area contributed by atoms with Gasteiger partial charge in [-0.15, -0.1) is 0 Å². The zero-order chi connectivity index (χ0) is 25.5. The second kappa shape index (κ2) is 9.48. The molecule has 0 bridgehead atoms. The zero-order valence-corrected chi connectivity index (χ0v) is 20.3. The van der Waals surface area contributed by atoms with Crippen molar-refractivity contribution in [2.75, 3.05) is 24.2 Å². The Hall–Kier alpha value is -3.15. The number of hydrogen-bond acceptors (Lipinski definition) is 6. The number of nitrogens with zero attached hydrogens (tertiary/aromatic N) is 4. The summed E-state index contributed by atoms with van der Waals surface area (Å²) in [4.78, 5) is 19.0. The Morgan fingerprint density at radius 1 is 1.20 bits per heavy atom. The fourth-order valence-electron chi connectivity index (χ4n) is 4.31. The largest absolute Gasteiger partial charge is 0.370 e. The van der Waals surface area contributed by atoms with Gasteiger partial charge < -0.3 is 4.90 Å². The van der Waals surface area contributed by atoms with Gasteiger partial charge in [0.05, 0.1) is 28.7 Å². The molecular weight excluding hydrogens is 483 g/mol. The van der Waals surface area contributed by atoms with Gasteiger partial charge in [0.2, 0.25) is 16.4 Å². The number of pyridine rings is 1. The van der Waals surface area contributed by atoms with E-state index in [1.54, 1.807) is 4.90 Å². The van der Waals surface area contributed by atoms with Crippen LogP contribution < -0.4 is 9.62 Å². The highest BCUT2D eigenvalue weighted by atomic mass is 32.2. The highest BCUT2D eigenvalue weighted by molar-refractivity contribution is 7.89. The van der Waals surface area contributed by atoms with Crippen LogP contribution >= 0.6 is 0 Å². The van der Waals surface area contributed by atoms with Crippen LogP contribution in [0.3, 0.4) is 0 Å². The van der Waals surface area contributed by atoms with Crippen molar-refractivity contribution in [1.29, 1.82) is 0 Å². The van der Waals surface area contributed by atoms with E-state index in [0.29, 0.717) is 41.8 Å². The molecule has 1 aliphatic rings. The number of amides is 1. The Morgan fingerprint density at radius 3 is 2.49 bits per heavy atom. The number of fused-ring (bicyclic) bond motifs is 1. The van der Waals surface area contributed by atoms with Crippen LogP contribution in [0, 0.1) is 11.7 Å². The average Bonchev–Trinajstić information content (AvgIpc) is 3.18. The Kier molecular flexibility index (Phi) is 6.76. The number of carbonyl (C=O) groups excluding carboxylic acids is 1. The van der Waals surface area contributed by atoms with Crippen molar-refractivity contribution < 1.29 is 26.4 Å². The molecule has 1 aliphatic heterocycles. The summed E-state index contributed by atoms with van der Waals surface area (Å²) in [5.74, 6) is -2.32. The van der Waals surface area contributed by atoms with Crippen LogP contribution in [0.25, 0.3) is 16.7 Å². The molecule has 0 radical (unpaired) electrons. The molecule has 0 aliphatic carbocycles. The van der Waals surface area contributed by atoms with E-state index in [-0.39, 0.29) is 23.8 Å². The molecular formula is C23H26F3N5O3S. The number of nitrogens with one attached hydrogen (secondary N) is 1. The molecule has 1 amide bonds. The van der Waals surface area contributed by atoms with E-state index >= 15 is 0 Å². The fraction of sp³-hybridized carbons (Fsp3) is 0.435. The first kappa shape index (κ1) is 25.0. The van der Waals surface area contributed by atoms with E-state index < -0.39 is 34.1 Å². The molecule has 3 aromatic rings. The summed E-state index contributed by atoms with van der Waals surface area (Å²) < 4.78 is 67.4. The lowest BCUT2D eigenvalue weighted by Crippen LogP contribution is -2.38. The summed E-state index contributed by atoms with van der Waals surface area (Å²) in [5.41, 5.74) is 1.63. The van der Waals surface area contributed by atoms with Crippen LogP contribution in [-0.2, 0) is 10.0 Å². The second-order valence-corrected chi connectivity index (χ2v) is 10.8. The SMILES string of the molecule is CC(C)c1nn(-c2ccc(F)cc2)c2nc(C(=O)NS(C)(=O)=O)cc(N3CCCC(C(F)F)C3)c12. The maximum atomic E-state index is 13.6. The van der Waals surface area contributed by atoms with Gasteiger partial charge in [-0.25, -0.2) is 36.0 Å². The summed E-state index contributed by atoms with van der Waals surface area (Å²) >= 11 is 0. The van der Waals surface area contributed by atoms with Crippen LogP contribution in [0.4, 0.5) is 18.9 Å². The molecule has 8 nitrogen and oxygen atoms in total. The molecule has 1 fully saturated rings. The number of piperidine rings is 1. The quantitative estimate of drug-likeness (QED) is 0.542.